The maximum atomic E-state index is 11.9. The summed E-state index contributed by atoms with van der Waals surface area (Å²) in [7, 11) is -3.24. The number of aromatic nitrogens is 1. The van der Waals surface area contributed by atoms with Gasteiger partial charge < -0.3 is 5.32 Å². The minimum absolute atomic E-state index is 0.748. The van der Waals surface area contributed by atoms with E-state index in [1.807, 2.05) is 24.3 Å². The summed E-state index contributed by atoms with van der Waals surface area (Å²) >= 11 is 0. The third-order valence-corrected chi connectivity index (χ3v) is 4.29. The average molecular weight is 250 g/mol. The molecule has 3 rings (SSSR count). The highest BCUT2D eigenvalue weighted by atomic mass is 32.2. The minimum atomic E-state index is -3.24. The summed E-state index contributed by atoms with van der Waals surface area (Å²) in [5, 5.41) is 4.33. The van der Waals surface area contributed by atoms with Crippen LogP contribution in [-0.4, -0.2) is 25.2 Å². The molecule has 1 aromatic carbocycles. The van der Waals surface area contributed by atoms with Crippen molar-refractivity contribution in [2.45, 2.75) is 13.0 Å². The second kappa shape index (κ2) is 3.58. The van der Waals surface area contributed by atoms with E-state index >= 15 is 0 Å². The fourth-order valence-corrected chi connectivity index (χ4v) is 3.70. The summed E-state index contributed by atoms with van der Waals surface area (Å²) < 4.78 is 25.3. The molecule has 0 saturated heterocycles. The van der Waals surface area contributed by atoms with Crippen molar-refractivity contribution >= 4 is 20.9 Å². The highest BCUT2D eigenvalue weighted by Crippen LogP contribution is 2.29. The van der Waals surface area contributed by atoms with Crippen LogP contribution in [0.4, 0.5) is 0 Å². The van der Waals surface area contributed by atoms with E-state index in [0.29, 0.717) is 0 Å². The van der Waals surface area contributed by atoms with Gasteiger partial charge in [-0.15, -0.1) is 0 Å². The number of fused-ring (bicyclic) bond motifs is 3. The number of para-hydroxylation sites is 1. The lowest BCUT2D eigenvalue weighted by atomic mass is 10.1. The van der Waals surface area contributed by atoms with Gasteiger partial charge in [0.25, 0.3) is 0 Å². The molecule has 1 aliphatic heterocycles. The van der Waals surface area contributed by atoms with Gasteiger partial charge in [-0.25, -0.2) is 12.4 Å². The third kappa shape index (κ3) is 1.57. The molecule has 1 N–H and O–H groups in total. The molecule has 0 atom stereocenters. The van der Waals surface area contributed by atoms with Crippen LogP contribution in [0, 0.1) is 0 Å². The van der Waals surface area contributed by atoms with Gasteiger partial charge in [-0.2, -0.15) is 0 Å². The molecule has 17 heavy (non-hydrogen) atoms. The third-order valence-electron chi connectivity index (χ3n) is 3.21. The van der Waals surface area contributed by atoms with Gasteiger partial charge in [0.2, 0.25) is 10.0 Å². The fourth-order valence-electron chi connectivity index (χ4n) is 2.58. The summed E-state index contributed by atoms with van der Waals surface area (Å²) in [4.78, 5) is 0. The molecule has 2 heterocycles. The zero-order valence-corrected chi connectivity index (χ0v) is 10.4. The monoisotopic (exact) mass is 250 g/mol. The zero-order chi connectivity index (χ0) is 12.0. The molecule has 0 bridgehead atoms. The second-order valence-corrected chi connectivity index (χ2v) is 6.23. The molecular formula is C12H14N2O2S. The number of nitrogens with zero attached hydrogens (tertiary/aromatic N) is 1. The lowest BCUT2D eigenvalue weighted by Crippen LogP contribution is -2.26. The number of nitrogens with one attached hydrogen (secondary N) is 1. The van der Waals surface area contributed by atoms with Crippen LogP contribution in [0.25, 0.3) is 10.9 Å². The van der Waals surface area contributed by atoms with Crippen LogP contribution >= 0.6 is 0 Å². The Hall–Kier alpha value is -1.33. The highest BCUT2D eigenvalue weighted by molar-refractivity contribution is 7.89. The van der Waals surface area contributed by atoms with Crippen LogP contribution in [-0.2, 0) is 23.0 Å². The van der Waals surface area contributed by atoms with Crippen LogP contribution in [0.3, 0.4) is 0 Å². The number of hydrogen-bond donors (Lipinski definition) is 1. The number of hydrogen-bond acceptors (Lipinski definition) is 3. The van der Waals surface area contributed by atoms with Crippen LogP contribution in [0.5, 0.6) is 0 Å². The molecule has 0 fully saturated rings. The van der Waals surface area contributed by atoms with E-state index in [9.17, 15) is 8.42 Å². The maximum Gasteiger partial charge on any atom is 0.236 e. The van der Waals surface area contributed by atoms with Crippen molar-refractivity contribution in [3.05, 3.63) is 35.5 Å². The standard InChI is InChI=1S/C12H14N2O2S/c1-17(15,16)14-11-5-3-2-4-9(11)10-8-13-7-6-12(10)14/h2-5,13H,6-8H2,1H3. The Morgan fingerprint density at radius 2 is 2.06 bits per heavy atom. The van der Waals surface area contributed by atoms with Crippen LogP contribution in [0.2, 0.25) is 0 Å². The van der Waals surface area contributed by atoms with Crippen molar-refractivity contribution in [3.63, 3.8) is 0 Å². The minimum Gasteiger partial charge on any atom is -0.312 e. The topological polar surface area (TPSA) is 51.1 Å². The van der Waals surface area contributed by atoms with E-state index in [4.69, 9.17) is 0 Å². The Morgan fingerprint density at radius 1 is 1.29 bits per heavy atom. The Balaban J connectivity index is 2.48. The Labute approximate surface area is 100 Å². The van der Waals surface area contributed by atoms with E-state index in [1.54, 1.807) is 0 Å². The van der Waals surface area contributed by atoms with Crippen molar-refractivity contribution in [1.82, 2.24) is 9.29 Å². The molecule has 1 aromatic heterocycles. The van der Waals surface area contributed by atoms with Gasteiger partial charge in [0.1, 0.15) is 0 Å². The first-order valence-electron chi connectivity index (χ1n) is 5.61. The normalized spacial score (nSPS) is 16.1. The average Bonchev–Trinajstić information content (AvgIpc) is 2.63. The SMILES string of the molecule is CS(=O)(=O)n1c2c(c3ccccc31)CNCC2. The molecule has 0 saturated carbocycles. The molecule has 0 radical (unpaired) electrons. The lowest BCUT2D eigenvalue weighted by molar-refractivity contribution is 0.586. The zero-order valence-electron chi connectivity index (χ0n) is 9.60. The van der Waals surface area contributed by atoms with Crippen LogP contribution in [0.15, 0.2) is 24.3 Å². The first-order chi connectivity index (χ1) is 8.09. The summed E-state index contributed by atoms with van der Waals surface area (Å²) in [5.41, 5.74) is 2.86. The molecule has 1 aliphatic rings. The van der Waals surface area contributed by atoms with E-state index in [-0.39, 0.29) is 0 Å². The Morgan fingerprint density at radius 3 is 2.82 bits per heavy atom. The molecule has 0 spiro atoms. The fraction of sp³-hybridized carbons (Fsp3) is 0.333. The first-order valence-corrected chi connectivity index (χ1v) is 7.46. The number of benzene rings is 1. The van der Waals surface area contributed by atoms with E-state index < -0.39 is 10.0 Å². The van der Waals surface area contributed by atoms with Crippen molar-refractivity contribution in [3.8, 4) is 0 Å². The van der Waals surface area contributed by atoms with Gasteiger partial charge in [0, 0.05) is 30.6 Å². The molecule has 0 amide bonds. The van der Waals surface area contributed by atoms with E-state index in [1.165, 1.54) is 10.2 Å². The van der Waals surface area contributed by atoms with Gasteiger partial charge in [0.05, 0.1) is 11.8 Å². The second-order valence-electron chi connectivity index (χ2n) is 4.40. The quantitative estimate of drug-likeness (QED) is 0.824. The first kappa shape index (κ1) is 10.8. The van der Waals surface area contributed by atoms with Gasteiger partial charge in [-0.3, -0.25) is 0 Å². The smallest absolute Gasteiger partial charge is 0.236 e. The molecule has 5 heteroatoms. The van der Waals surface area contributed by atoms with Crippen LogP contribution < -0.4 is 5.32 Å². The predicted octanol–water partition coefficient (Wildman–Crippen LogP) is 1.09. The highest BCUT2D eigenvalue weighted by Gasteiger charge is 2.23. The molecule has 0 unspecified atom stereocenters. The summed E-state index contributed by atoms with van der Waals surface area (Å²) in [6.07, 6.45) is 2.03. The van der Waals surface area contributed by atoms with E-state index in [2.05, 4.69) is 5.32 Å². The van der Waals surface area contributed by atoms with Crippen molar-refractivity contribution in [2.75, 3.05) is 12.8 Å². The Kier molecular flexibility index (Phi) is 2.27. The summed E-state index contributed by atoms with van der Waals surface area (Å²) in [6.45, 7) is 1.58. The molecule has 2 aromatic rings. The van der Waals surface area contributed by atoms with Crippen molar-refractivity contribution < 1.29 is 8.42 Å². The van der Waals surface area contributed by atoms with E-state index in [0.717, 1.165) is 41.7 Å². The van der Waals surface area contributed by atoms with Crippen molar-refractivity contribution in [1.29, 1.82) is 0 Å². The van der Waals surface area contributed by atoms with Gasteiger partial charge in [-0.1, -0.05) is 18.2 Å². The van der Waals surface area contributed by atoms with Gasteiger partial charge in [0.15, 0.2) is 0 Å². The summed E-state index contributed by atoms with van der Waals surface area (Å²) in [5.74, 6) is 0. The number of rotatable bonds is 1. The molecule has 90 valence electrons. The Bertz CT molecular complexity index is 686. The lowest BCUT2D eigenvalue weighted by Gasteiger charge is -2.15. The van der Waals surface area contributed by atoms with Gasteiger partial charge >= 0.3 is 0 Å². The molecule has 0 aliphatic carbocycles. The molecular weight excluding hydrogens is 236 g/mol. The van der Waals surface area contributed by atoms with Crippen LogP contribution in [0.1, 0.15) is 11.3 Å². The maximum absolute atomic E-state index is 11.9. The summed E-state index contributed by atoms with van der Waals surface area (Å²) in [6, 6.07) is 7.68. The predicted molar refractivity (Wildman–Crippen MR) is 67.6 cm³/mol. The largest absolute Gasteiger partial charge is 0.312 e. The van der Waals surface area contributed by atoms with Crippen molar-refractivity contribution in [2.24, 2.45) is 0 Å². The van der Waals surface area contributed by atoms with Gasteiger partial charge in [-0.05, 0) is 11.6 Å². The molecule has 4 nitrogen and oxygen atoms in total.